The van der Waals surface area contributed by atoms with Crippen LogP contribution >= 0.6 is 11.3 Å². The summed E-state index contributed by atoms with van der Waals surface area (Å²) in [6, 6.07) is 10.9. The lowest BCUT2D eigenvalue weighted by Crippen LogP contribution is -2.20. The Bertz CT molecular complexity index is 836. The normalized spacial score (nSPS) is 10.8. The second-order valence-electron chi connectivity index (χ2n) is 4.29. The molecule has 0 saturated heterocycles. The molecule has 0 amide bonds. The van der Waals surface area contributed by atoms with Crippen molar-refractivity contribution < 1.29 is 9.90 Å². The fraction of sp³-hybridized carbons (Fsp3) is 0.0714. The first-order chi connectivity index (χ1) is 9.63. The summed E-state index contributed by atoms with van der Waals surface area (Å²) in [5, 5.41) is 11.1. The van der Waals surface area contributed by atoms with Crippen LogP contribution in [-0.4, -0.2) is 15.9 Å². The summed E-state index contributed by atoms with van der Waals surface area (Å²) in [7, 11) is 0. The van der Waals surface area contributed by atoms with Gasteiger partial charge in [-0.05, 0) is 11.6 Å². The number of nitrogens with zero attached hydrogens (tertiary/aromatic N) is 1. The van der Waals surface area contributed by atoms with Crippen LogP contribution in [0.4, 0.5) is 0 Å². The number of benzene rings is 1. The van der Waals surface area contributed by atoms with Gasteiger partial charge in [-0.3, -0.25) is 4.79 Å². The number of hydrogen-bond donors (Lipinski definition) is 1. The number of rotatable bonds is 3. The zero-order valence-electron chi connectivity index (χ0n) is 10.3. The molecule has 1 aromatic carbocycles. The van der Waals surface area contributed by atoms with Crippen molar-refractivity contribution in [3.8, 4) is 0 Å². The number of aromatic carboxylic acids is 1. The van der Waals surface area contributed by atoms with E-state index in [2.05, 4.69) is 9.97 Å². The minimum Gasteiger partial charge on any atom is -0.544 e. The quantitative estimate of drug-likeness (QED) is 0.776. The van der Waals surface area contributed by atoms with Crippen molar-refractivity contribution in [1.29, 1.82) is 0 Å². The number of carboxylic acid groups (broad SMARTS) is 1. The Kier molecular flexibility index (Phi) is 3.08. The number of fused-ring (bicyclic) bond motifs is 1. The number of nitrogens with one attached hydrogen (secondary N) is 1. The molecule has 1 N–H and O–H groups in total. The molecule has 0 bridgehead atoms. The van der Waals surface area contributed by atoms with Gasteiger partial charge in [0, 0.05) is 6.42 Å². The largest absolute Gasteiger partial charge is 0.544 e. The summed E-state index contributed by atoms with van der Waals surface area (Å²) in [5.41, 5.74) is 0.691. The molecule has 3 aromatic rings. The number of aromatic nitrogens is 2. The molecular formula is C14H9N2O3S-. The van der Waals surface area contributed by atoms with Crippen LogP contribution in [0.25, 0.3) is 10.2 Å². The van der Waals surface area contributed by atoms with Crippen LogP contribution in [0.2, 0.25) is 0 Å². The van der Waals surface area contributed by atoms with Crippen molar-refractivity contribution in [2.24, 2.45) is 0 Å². The Morgan fingerprint density at radius 3 is 2.75 bits per heavy atom. The monoisotopic (exact) mass is 285 g/mol. The third-order valence-electron chi connectivity index (χ3n) is 2.87. The smallest absolute Gasteiger partial charge is 0.259 e. The molecule has 0 unspecified atom stereocenters. The van der Waals surface area contributed by atoms with Gasteiger partial charge in [-0.25, -0.2) is 4.98 Å². The van der Waals surface area contributed by atoms with Crippen LogP contribution in [0.15, 0.2) is 41.2 Å². The fourth-order valence-electron chi connectivity index (χ4n) is 1.95. The van der Waals surface area contributed by atoms with Crippen LogP contribution in [0.5, 0.6) is 0 Å². The zero-order valence-corrected chi connectivity index (χ0v) is 11.1. The van der Waals surface area contributed by atoms with Crippen LogP contribution in [-0.2, 0) is 6.42 Å². The fourth-order valence-corrected chi connectivity index (χ4v) is 2.84. The lowest BCUT2D eigenvalue weighted by atomic mass is 10.1. The van der Waals surface area contributed by atoms with E-state index in [9.17, 15) is 14.7 Å². The van der Waals surface area contributed by atoms with Crippen molar-refractivity contribution in [2.45, 2.75) is 6.42 Å². The minimum atomic E-state index is -1.29. The van der Waals surface area contributed by atoms with Gasteiger partial charge in [-0.15, -0.1) is 11.3 Å². The molecule has 5 nitrogen and oxygen atoms in total. The Hall–Kier alpha value is -2.47. The van der Waals surface area contributed by atoms with Crippen molar-refractivity contribution >= 4 is 27.5 Å². The molecule has 0 atom stereocenters. The third kappa shape index (κ3) is 2.33. The second kappa shape index (κ2) is 4.90. The molecule has 0 fully saturated rings. The summed E-state index contributed by atoms with van der Waals surface area (Å²) >= 11 is 0.951. The van der Waals surface area contributed by atoms with Crippen LogP contribution < -0.4 is 10.7 Å². The first kappa shape index (κ1) is 12.6. The highest BCUT2D eigenvalue weighted by Gasteiger charge is 2.09. The van der Waals surface area contributed by atoms with Gasteiger partial charge in [-0.1, -0.05) is 30.3 Å². The molecule has 2 heterocycles. The predicted octanol–water partition coefficient (Wildman–Crippen LogP) is 0.939. The molecule has 0 saturated carbocycles. The highest BCUT2D eigenvalue weighted by Crippen LogP contribution is 2.20. The summed E-state index contributed by atoms with van der Waals surface area (Å²) in [4.78, 5) is 30.1. The van der Waals surface area contributed by atoms with E-state index < -0.39 is 5.97 Å². The highest BCUT2D eigenvalue weighted by atomic mass is 32.1. The summed E-state index contributed by atoms with van der Waals surface area (Å²) in [5.74, 6) is -0.780. The van der Waals surface area contributed by atoms with E-state index in [1.807, 2.05) is 30.3 Å². The van der Waals surface area contributed by atoms with Crippen molar-refractivity contribution in [2.75, 3.05) is 0 Å². The van der Waals surface area contributed by atoms with Crippen LogP contribution in [0.1, 0.15) is 21.1 Å². The maximum absolute atomic E-state index is 11.9. The molecule has 0 radical (unpaired) electrons. The number of H-pyrrole nitrogens is 1. The van der Waals surface area contributed by atoms with Gasteiger partial charge in [0.05, 0.1) is 16.2 Å². The van der Waals surface area contributed by atoms with E-state index in [-0.39, 0.29) is 15.8 Å². The zero-order chi connectivity index (χ0) is 14.1. The average Bonchev–Trinajstić information content (AvgIpc) is 2.84. The number of thiophene rings is 1. The topological polar surface area (TPSA) is 85.9 Å². The Morgan fingerprint density at radius 2 is 2.05 bits per heavy atom. The molecular weight excluding hydrogens is 276 g/mol. The van der Waals surface area contributed by atoms with Crippen LogP contribution in [0, 0.1) is 0 Å². The lowest BCUT2D eigenvalue weighted by Gasteiger charge is -2.00. The van der Waals surface area contributed by atoms with Gasteiger partial charge >= 0.3 is 0 Å². The van der Waals surface area contributed by atoms with Gasteiger partial charge < -0.3 is 14.9 Å². The number of carboxylic acids is 1. The highest BCUT2D eigenvalue weighted by molar-refractivity contribution is 7.20. The molecule has 0 aliphatic heterocycles. The summed E-state index contributed by atoms with van der Waals surface area (Å²) < 4.78 is 0. The first-order valence-corrected chi connectivity index (χ1v) is 6.73. The van der Waals surface area contributed by atoms with Crippen molar-refractivity contribution in [3.63, 3.8) is 0 Å². The van der Waals surface area contributed by atoms with Gasteiger partial charge in [-0.2, -0.15) is 0 Å². The molecule has 0 aliphatic rings. The predicted molar refractivity (Wildman–Crippen MR) is 73.8 cm³/mol. The summed E-state index contributed by atoms with van der Waals surface area (Å²) in [6.45, 7) is 0. The molecule has 20 heavy (non-hydrogen) atoms. The van der Waals surface area contributed by atoms with E-state index >= 15 is 0 Å². The molecule has 2 aromatic heterocycles. The molecule has 3 rings (SSSR count). The minimum absolute atomic E-state index is 0.00913. The Balaban J connectivity index is 2.05. The van der Waals surface area contributed by atoms with Gasteiger partial charge in [0.15, 0.2) is 0 Å². The standard InChI is InChI=1S/C14H10N2O3S/c17-12-9-7-10(14(18)19)20-13(9)16-11(15-12)6-8-4-2-1-3-5-8/h1-5,7H,6H2,(H,18,19)(H,15,16,17)/p-1. The SMILES string of the molecule is O=C([O-])c1cc2c(=O)[nH]c(Cc3ccccc3)nc2s1. The van der Waals surface area contributed by atoms with Crippen molar-refractivity contribution in [1.82, 2.24) is 9.97 Å². The molecule has 6 heteroatoms. The van der Waals surface area contributed by atoms with Gasteiger partial charge in [0.2, 0.25) is 0 Å². The van der Waals surface area contributed by atoms with Gasteiger partial charge in [0.25, 0.3) is 5.56 Å². The number of carbonyl (C=O) groups is 1. The maximum atomic E-state index is 11.9. The number of hydrogen-bond acceptors (Lipinski definition) is 5. The Labute approximate surface area is 117 Å². The molecule has 100 valence electrons. The molecule has 0 aliphatic carbocycles. The average molecular weight is 285 g/mol. The van der Waals surface area contributed by atoms with Crippen LogP contribution in [0.3, 0.4) is 0 Å². The van der Waals surface area contributed by atoms with Gasteiger partial charge in [0.1, 0.15) is 10.7 Å². The van der Waals surface area contributed by atoms with E-state index in [1.54, 1.807) is 0 Å². The summed E-state index contributed by atoms with van der Waals surface area (Å²) in [6.07, 6.45) is 0.491. The molecule has 0 spiro atoms. The van der Waals surface area contributed by atoms with E-state index in [0.717, 1.165) is 16.9 Å². The third-order valence-corrected chi connectivity index (χ3v) is 3.88. The van der Waals surface area contributed by atoms with E-state index in [1.165, 1.54) is 6.07 Å². The number of aromatic amines is 1. The van der Waals surface area contributed by atoms with E-state index in [0.29, 0.717) is 17.1 Å². The maximum Gasteiger partial charge on any atom is 0.259 e. The number of carbonyl (C=O) groups excluding carboxylic acids is 1. The van der Waals surface area contributed by atoms with Crippen molar-refractivity contribution in [3.05, 3.63) is 63.0 Å². The second-order valence-corrected chi connectivity index (χ2v) is 5.32. The Morgan fingerprint density at radius 1 is 1.30 bits per heavy atom. The van der Waals surface area contributed by atoms with E-state index in [4.69, 9.17) is 0 Å². The first-order valence-electron chi connectivity index (χ1n) is 5.91. The lowest BCUT2D eigenvalue weighted by molar-refractivity contribution is -0.254.